The fourth-order valence-corrected chi connectivity index (χ4v) is 7.49. The number of fused-ring (bicyclic) bond motifs is 6. The molecule has 0 bridgehead atoms. The molecule has 3 heterocycles. The molecule has 0 fully saturated rings. The zero-order chi connectivity index (χ0) is 35.3. The molecule has 0 saturated carbocycles. The molecule has 6 aromatic carbocycles. The lowest BCUT2D eigenvalue weighted by atomic mass is 9.98. The van der Waals surface area contributed by atoms with Gasteiger partial charge in [-0.05, 0) is 60.0 Å². The van der Waals surface area contributed by atoms with Crippen molar-refractivity contribution in [1.82, 2.24) is 13.5 Å². The summed E-state index contributed by atoms with van der Waals surface area (Å²) in [6, 6.07) is 52.9. The third-order valence-electron chi connectivity index (χ3n) is 9.79. The Bertz CT molecular complexity index is 3010. The Labute approximate surface area is 299 Å². The van der Waals surface area contributed by atoms with Crippen LogP contribution in [0.1, 0.15) is 18.1 Å². The Balaban J connectivity index is 1.48. The molecule has 52 heavy (non-hydrogen) atoms. The van der Waals surface area contributed by atoms with Crippen molar-refractivity contribution in [2.75, 3.05) is 0 Å². The van der Waals surface area contributed by atoms with E-state index < -0.39 is 0 Å². The van der Waals surface area contributed by atoms with Crippen LogP contribution in [0.2, 0.25) is 0 Å². The second-order valence-electron chi connectivity index (χ2n) is 12.8. The summed E-state index contributed by atoms with van der Waals surface area (Å²) >= 11 is 0. The number of hydrogen-bond donors (Lipinski definition) is 0. The highest BCUT2D eigenvalue weighted by Gasteiger charge is 2.27. The molecule has 0 N–H and O–H groups in total. The molecule has 248 valence electrons. The smallest absolute Gasteiger partial charge is 0.266 e. The quantitative estimate of drug-likeness (QED) is 0.104. The summed E-state index contributed by atoms with van der Waals surface area (Å²) in [5, 5.41) is 1.80. The molecule has 6 nitrogen and oxygen atoms in total. The topological polar surface area (TPSA) is 60.8 Å². The van der Waals surface area contributed by atoms with E-state index in [1.807, 2.05) is 165 Å². The summed E-state index contributed by atoms with van der Waals surface area (Å²) in [6.07, 6.45) is 0. The van der Waals surface area contributed by atoms with Crippen LogP contribution in [0.5, 0.6) is 0 Å². The Hall–Kier alpha value is -7.05. The second-order valence-corrected chi connectivity index (χ2v) is 12.8. The Morgan fingerprint density at radius 2 is 1.17 bits per heavy atom. The SMILES string of the molecule is C=C(c1ccccc1)c1ccccc1N=C(C)n1c2ccccc2c2c(=O)n3c4ccccc4c(=O)n(-c4ccccc4)c3c(-c3ccccc3)c21. The van der Waals surface area contributed by atoms with E-state index in [0.29, 0.717) is 39.0 Å². The van der Waals surface area contributed by atoms with Crippen molar-refractivity contribution in [2.45, 2.75) is 6.92 Å². The van der Waals surface area contributed by atoms with Gasteiger partial charge in [0.25, 0.3) is 11.1 Å². The van der Waals surface area contributed by atoms with Crippen molar-refractivity contribution in [2.24, 2.45) is 4.99 Å². The summed E-state index contributed by atoms with van der Waals surface area (Å²) in [5.41, 5.74) is 7.92. The molecule has 9 rings (SSSR count). The lowest BCUT2D eigenvalue weighted by Gasteiger charge is -2.20. The predicted octanol–water partition coefficient (Wildman–Crippen LogP) is 10.0. The van der Waals surface area contributed by atoms with E-state index in [9.17, 15) is 4.79 Å². The van der Waals surface area contributed by atoms with Crippen molar-refractivity contribution in [3.05, 3.63) is 202 Å². The molecule has 0 spiro atoms. The second kappa shape index (κ2) is 12.4. The van der Waals surface area contributed by atoms with Gasteiger partial charge in [-0.25, -0.2) is 4.99 Å². The van der Waals surface area contributed by atoms with Crippen LogP contribution in [-0.2, 0) is 0 Å². The standard InChI is InChI=1S/C46H32N4O2/c1-30(32-18-6-3-7-19-32)35-24-12-15-27-38(35)47-31(2)48-39-28-16-13-25-36(39)42-43(48)41(33-20-8-4-9-21-33)44-49(34-22-10-5-11-23-34)45(51)37-26-14-17-29-40(37)50(44)46(42)52/h3-29H,1H2,2H3. The minimum atomic E-state index is -0.217. The van der Waals surface area contributed by atoms with E-state index >= 15 is 4.79 Å². The van der Waals surface area contributed by atoms with Crippen LogP contribution in [0.15, 0.2) is 185 Å². The molecule has 0 aliphatic carbocycles. The third-order valence-corrected chi connectivity index (χ3v) is 9.79. The maximum Gasteiger partial charge on any atom is 0.266 e. The normalized spacial score (nSPS) is 11.9. The zero-order valence-corrected chi connectivity index (χ0v) is 28.4. The fraction of sp³-hybridized carbons (Fsp3) is 0.0217. The van der Waals surface area contributed by atoms with Gasteiger partial charge in [-0.15, -0.1) is 0 Å². The molecule has 9 aromatic rings. The van der Waals surface area contributed by atoms with Crippen LogP contribution in [0, 0.1) is 0 Å². The molecular weight excluding hydrogens is 641 g/mol. The van der Waals surface area contributed by atoms with E-state index in [0.717, 1.165) is 44.4 Å². The van der Waals surface area contributed by atoms with Crippen LogP contribution in [0.3, 0.4) is 0 Å². The Morgan fingerprint density at radius 3 is 1.90 bits per heavy atom. The van der Waals surface area contributed by atoms with E-state index in [1.54, 1.807) is 15.0 Å². The molecule has 6 heteroatoms. The molecule has 3 aromatic heterocycles. The maximum atomic E-state index is 15.3. The summed E-state index contributed by atoms with van der Waals surface area (Å²) in [5.74, 6) is 0.662. The van der Waals surface area contributed by atoms with E-state index in [4.69, 9.17) is 4.99 Å². The van der Waals surface area contributed by atoms with Crippen LogP contribution >= 0.6 is 0 Å². The largest absolute Gasteiger partial charge is 0.296 e. The number of para-hydroxylation sites is 4. The van der Waals surface area contributed by atoms with Crippen molar-refractivity contribution >= 4 is 55.5 Å². The van der Waals surface area contributed by atoms with Gasteiger partial charge in [-0.2, -0.15) is 0 Å². The zero-order valence-electron chi connectivity index (χ0n) is 28.4. The van der Waals surface area contributed by atoms with Crippen LogP contribution in [0.4, 0.5) is 5.69 Å². The highest BCUT2D eigenvalue weighted by molar-refractivity contribution is 6.20. The number of rotatable bonds is 5. The van der Waals surface area contributed by atoms with Crippen LogP contribution in [-0.4, -0.2) is 19.4 Å². The lowest BCUT2D eigenvalue weighted by Crippen LogP contribution is -2.28. The van der Waals surface area contributed by atoms with E-state index in [2.05, 4.69) is 11.1 Å². The highest BCUT2D eigenvalue weighted by atomic mass is 16.1. The maximum absolute atomic E-state index is 15.3. The van der Waals surface area contributed by atoms with Gasteiger partial charge in [-0.1, -0.05) is 134 Å². The van der Waals surface area contributed by atoms with Crippen molar-refractivity contribution in [3.8, 4) is 16.8 Å². The van der Waals surface area contributed by atoms with Crippen LogP contribution in [0.25, 0.3) is 60.7 Å². The summed E-state index contributed by atoms with van der Waals surface area (Å²) in [7, 11) is 0. The monoisotopic (exact) mass is 672 g/mol. The average Bonchev–Trinajstić information content (AvgIpc) is 3.54. The summed E-state index contributed by atoms with van der Waals surface area (Å²) in [4.78, 5) is 35.2. The molecule has 0 saturated heterocycles. The number of benzene rings is 6. The Morgan fingerprint density at radius 1 is 0.596 bits per heavy atom. The van der Waals surface area contributed by atoms with Gasteiger partial charge in [0.05, 0.1) is 38.7 Å². The van der Waals surface area contributed by atoms with E-state index in [-0.39, 0.29) is 11.1 Å². The first-order chi connectivity index (χ1) is 25.5. The highest BCUT2D eigenvalue weighted by Crippen LogP contribution is 2.39. The van der Waals surface area contributed by atoms with Gasteiger partial charge in [0.15, 0.2) is 0 Å². The van der Waals surface area contributed by atoms with Gasteiger partial charge in [0.2, 0.25) is 0 Å². The average molecular weight is 673 g/mol. The first-order valence-electron chi connectivity index (χ1n) is 17.2. The lowest BCUT2D eigenvalue weighted by molar-refractivity contribution is 0.977. The summed E-state index contributed by atoms with van der Waals surface area (Å²) in [6.45, 7) is 6.41. The molecular formula is C46H32N4O2. The van der Waals surface area contributed by atoms with Crippen molar-refractivity contribution in [3.63, 3.8) is 0 Å². The molecule has 0 aliphatic rings. The third kappa shape index (κ3) is 4.76. The number of aromatic nitrogens is 3. The number of pyridine rings is 1. The summed E-state index contributed by atoms with van der Waals surface area (Å²) < 4.78 is 5.47. The van der Waals surface area contributed by atoms with Gasteiger partial charge < -0.3 is 0 Å². The fourth-order valence-electron chi connectivity index (χ4n) is 7.49. The Kier molecular flexibility index (Phi) is 7.37. The number of nitrogens with zero attached hydrogens (tertiary/aromatic N) is 4. The van der Waals surface area contributed by atoms with Crippen LogP contribution < -0.4 is 11.1 Å². The number of aliphatic imine (C=N–C) groups is 1. The first-order valence-corrected chi connectivity index (χ1v) is 17.2. The minimum absolute atomic E-state index is 0.209. The van der Waals surface area contributed by atoms with Crippen molar-refractivity contribution < 1.29 is 0 Å². The predicted molar refractivity (Wildman–Crippen MR) is 214 cm³/mol. The molecule has 0 aliphatic heterocycles. The van der Waals surface area contributed by atoms with Gasteiger partial charge in [0.1, 0.15) is 11.5 Å². The van der Waals surface area contributed by atoms with Gasteiger partial charge in [0, 0.05) is 16.5 Å². The molecule has 0 radical (unpaired) electrons. The van der Waals surface area contributed by atoms with Crippen molar-refractivity contribution in [1.29, 1.82) is 0 Å². The molecule has 0 amide bonds. The van der Waals surface area contributed by atoms with Gasteiger partial charge >= 0.3 is 0 Å². The number of hydrogen-bond acceptors (Lipinski definition) is 3. The first kappa shape index (κ1) is 31.0. The molecule has 0 unspecified atom stereocenters. The van der Waals surface area contributed by atoms with E-state index in [1.165, 1.54) is 0 Å². The van der Waals surface area contributed by atoms with Gasteiger partial charge in [-0.3, -0.25) is 23.1 Å². The molecule has 0 atom stereocenters. The minimum Gasteiger partial charge on any atom is -0.296 e.